The Bertz CT molecular complexity index is 803. The smallest absolute Gasteiger partial charge is 0.220 e. The van der Waals surface area contributed by atoms with Crippen LogP contribution in [0.2, 0.25) is 0 Å². The third-order valence-corrected chi connectivity index (χ3v) is 6.82. The fraction of sp³-hybridized carbons (Fsp3) is 0.605. The van der Waals surface area contributed by atoms with E-state index in [2.05, 4.69) is 92.1 Å². The van der Waals surface area contributed by atoms with Crippen LogP contribution in [0.1, 0.15) is 129 Å². The van der Waals surface area contributed by atoms with E-state index in [0.29, 0.717) is 6.42 Å². The molecule has 0 radical (unpaired) electrons. The van der Waals surface area contributed by atoms with Crippen molar-refractivity contribution < 1.29 is 15.0 Å². The van der Waals surface area contributed by atoms with E-state index in [1.54, 1.807) is 6.08 Å². The number of rotatable bonds is 28. The van der Waals surface area contributed by atoms with E-state index in [-0.39, 0.29) is 12.5 Å². The number of aliphatic hydroxyl groups excluding tert-OH is 2. The van der Waals surface area contributed by atoms with E-state index >= 15 is 0 Å². The van der Waals surface area contributed by atoms with Crippen molar-refractivity contribution in [2.75, 3.05) is 6.61 Å². The average molecular weight is 582 g/mol. The van der Waals surface area contributed by atoms with Crippen LogP contribution >= 0.6 is 0 Å². The highest BCUT2D eigenvalue weighted by Crippen LogP contribution is 2.10. The lowest BCUT2D eigenvalue weighted by Gasteiger charge is -2.19. The first kappa shape index (κ1) is 39.6. The second kappa shape index (κ2) is 33.1. The number of hydrogen-bond donors (Lipinski definition) is 3. The Morgan fingerprint density at radius 3 is 1.64 bits per heavy atom. The third kappa shape index (κ3) is 29.1. The van der Waals surface area contributed by atoms with Gasteiger partial charge in [0.05, 0.1) is 18.8 Å². The summed E-state index contributed by atoms with van der Waals surface area (Å²) in [5.41, 5.74) is 0. The van der Waals surface area contributed by atoms with Crippen LogP contribution in [0.5, 0.6) is 0 Å². The molecule has 0 fully saturated rings. The molecule has 1 amide bonds. The maximum atomic E-state index is 12.3. The van der Waals surface area contributed by atoms with Gasteiger partial charge in [-0.2, -0.15) is 0 Å². The van der Waals surface area contributed by atoms with E-state index in [1.807, 2.05) is 6.08 Å². The summed E-state index contributed by atoms with van der Waals surface area (Å²) in [5, 5.41) is 22.7. The molecule has 4 nitrogen and oxygen atoms in total. The van der Waals surface area contributed by atoms with Gasteiger partial charge >= 0.3 is 0 Å². The summed E-state index contributed by atoms with van der Waals surface area (Å²) in [5.74, 6) is -0.100. The fourth-order valence-electron chi connectivity index (χ4n) is 4.26. The van der Waals surface area contributed by atoms with Crippen molar-refractivity contribution in [3.63, 3.8) is 0 Å². The van der Waals surface area contributed by atoms with Gasteiger partial charge in [-0.1, -0.05) is 131 Å². The van der Waals surface area contributed by atoms with Gasteiger partial charge in [-0.25, -0.2) is 0 Å². The molecule has 2 unspecified atom stereocenters. The molecule has 0 saturated heterocycles. The molecule has 42 heavy (non-hydrogen) atoms. The lowest BCUT2D eigenvalue weighted by Crippen LogP contribution is -2.45. The highest BCUT2D eigenvalue weighted by Gasteiger charge is 2.17. The molecule has 0 saturated carbocycles. The summed E-state index contributed by atoms with van der Waals surface area (Å²) in [4.78, 5) is 12.3. The maximum Gasteiger partial charge on any atom is 0.220 e. The van der Waals surface area contributed by atoms with Gasteiger partial charge in [-0.05, 0) is 77.0 Å². The zero-order valence-corrected chi connectivity index (χ0v) is 27.0. The molecule has 0 aliphatic heterocycles. The number of hydrogen-bond acceptors (Lipinski definition) is 3. The number of carbonyl (C=O) groups excluding carboxylic acids is 1. The number of amides is 1. The molecule has 0 rings (SSSR count). The first-order chi connectivity index (χ1) is 20.7. The number of nitrogens with one attached hydrogen (secondary N) is 1. The topological polar surface area (TPSA) is 69.6 Å². The Kier molecular flexibility index (Phi) is 31.2. The molecular weight excluding hydrogens is 518 g/mol. The highest BCUT2D eigenvalue weighted by atomic mass is 16.3. The number of allylic oxidation sites excluding steroid dienone is 13. The van der Waals surface area contributed by atoms with Crippen LogP contribution in [-0.4, -0.2) is 34.9 Å². The number of aliphatic hydroxyl groups is 2. The summed E-state index contributed by atoms with van der Waals surface area (Å²) in [6.45, 7) is 4.06. The molecule has 0 heterocycles. The van der Waals surface area contributed by atoms with Crippen molar-refractivity contribution in [1.29, 1.82) is 0 Å². The Hall–Kier alpha value is -2.43. The maximum absolute atomic E-state index is 12.3. The summed E-state index contributed by atoms with van der Waals surface area (Å²) >= 11 is 0. The molecule has 0 bridgehead atoms. The third-order valence-electron chi connectivity index (χ3n) is 6.82. The van der Waals surface area contributed by atoms with Crippen LogP contribution in [0, 0.1) is 0 Å². The molecule has 3 N–H and O–H groups in total. The highest BCUT2D eigenvalue weighted by molar-refractivity contribution is 5.76. The monoisotopic (exact) mass is 581 g/mol. The van der Waals surface area contributed by atoms with Crippen LogP contribution in [0.15, 0.2) is 85.1 Å². The van der Waals surface area contributed by atoms with Crippen LogP contribution in [0.25, 0.3) is 0 Å². The molecule has 0 aliphatic rings. The van der Waals surface area contributed by atoms with Crippen molar-refractivity contribution in [2.45, 2.75) is 142 Å². The fourth-order valence-corrected chi connectivity index (χ4v) is 4.26. The molecule has 238 valence electrons. The average Bonchev–Trinajstić information content (AvgIpc) is 2.99. The molecule has 0 aliphatic carbocycles. The van der Waals surface area contributed by atoms with Gasteiger partial charge in [0.2, 0.25) is 5.91 Å². The quantitative estimate of drug-likeness (QED) is 0.0636. The molecule has 0 aromatic rings. The first-order valence-corrected chi connectivity index (χ1v) is 16.8. The summed E-state index contributed by atoms with van der Waals surface area (Å²) in [6, 6.07) is -0.655. The normalized spacial score (nSPS) is 14.3. The zero-order chi connectivity index (χ0) is 30.8. The molecule has 2 atom stereocenters. The van der Waals surface area contributed by atoms with Gasteiger partial charge in [0, 0.05) is 6.42 Å². The Morgan fingerprint density at radius 2 is 1.07 bits per heavy atom. The van der Waals surface area contributed by atoms with Gasteiger partial charge in [0.15, 0.2) is 0 Å². The minimum Gasteiger partial charge on any atom is -0.394 e. The lowest BCUT2D eigenvalue weighted by atomic mass is 10.1. The molecular formula is C38H63NO3. The molecule has 0 spiro atoms. The van der Waals surface area contributed by atoms with E-state index in [9.17, 15) is 15.0 Å². The molecule has 0 aromatic carbocycles. The van der Waals surface area contributed by atoms with Gasteiger partial charge in [-0.15, -0.1) is 0 Å². The van der Waals surface area contributed by atoms with Gasteiger partial charge in [0.1, 0.15) is 0 Å². The van der Waals surface area contributed by atoms with Gasteiger partial charge in [-0.3, -0.25) is 4.79 Å². The van der Waals surface area contributed by atoms with Crippen LogP contribution < -0.4 is 5.32 Å². The van der Waals surface area contributed by atoms with Crippen molar-refractivity contribution >= 4 is 5.91 Å². The SMILES string of the molecule is CC/C=C\C/C=C\C/C=C\C/C=C\CCCCCCCCC(=O)NC(CO)C(O)/C=C/CC/C=C/CC/C=C/CCC. The molecule has 0 aromatic heterocycles. The van der Waals surface area contributed by atoms with Crippen molar-refractivity contribution in [3.05, 3.63) is 85.1 Å². The van der Waals surface area contributed by atoms with E-state index in [0.717, 1.165) is 83.5 Å². The largest absolute Gasteiger partial charge is 0.394 e. The van der Waals surface area contributed by atoms with Gasteiger partial charge in [0.25, 0.3) is 0 Å². The Balaban J connectivity index is 3.76. The minimum absolute atomic E-state index is 0.100. The zero-order valence-electron chi connectivity index (χ0n) is 27.0. The minimum atomic E-state index is -0.878. The van der Waals surface area contributed by atoms with Gasteiger partial charge < -0.3 is 15.5 Å². The van der Waals surface area contributed by atoms with Crippen molar-refractivity contribution in [3.8, 4) is 0 Å². The van der Waals surface area contributed by atoms with E-state index in [4.69, 9.17) is 0 Å². The predicted octanol–water partition coefficient (Wildman–Crippen LogP) is 9.78. The number of carbonyl (C=O) groups is 1. The second-order valence-corrected chi connectivity index (χ2v) is 10.8. The van der Waals surface area contributed by atoms with Crippen LogP contribution in [0.3, 0.4) is 0 Å². The van der Waals surface area contributed by atoms with Crippen LogP contribution in [0.4, 0.5) is 0 Å². The Labute approximate surface area is 259 Å². The summed E-state index contributed by atoms with van der Waals surface area (Å²) in [6.07, 6.45) is 48.0. The first-order valence-electron chi connectivity index (χ1n) is 16.8. The second-order valence-electron chi connectivity index (χ2n) is 10.8. The standard InChI is InChI=1S/C38H63NO3/c1-3-5-7-9-11-13-15-16-17-18-19-20-21-22-24-26-28-30-32-34-38(42)39-36(35-40)37(41)33-31-29-27-25-23-14-12-10-8-6-4-2/h5,7-8,10-11,13,16-17,19-20,23,25,31,33,36-37,40-41H,3-4,6,9,12,14-15,18,21-22,24,26-30,32,34-35H2,1-2H3,(H,39,42)/b7-5-,10-8+,13-11-,17-16-,20-19-,25-23+,33-31+. The van der Waals surface area contributed by atoms with E-state index in [1.165, 1.54) is 25.7 Å². The van der Waals surface area contributed by atoms with Crippen molar-refractivity contribution in [1.82, 2.24) is 5.32 Å². The molecule has 4 heteroatoms. The Morgan fingerprint density at radius 1 is 0.595 bits per heavy atom. The van der Waals surface area contributed by atoms with Crippen LogP contribution in [-0.2, 0) is 4.79 Å². The summed E-state index contributed by atoms with van der Waals surface area (Å²) < 4.78 is 0. The predicted molar refractivity (Wildman–Crippen MR) is 183 cm³/mol. The summed E-state index contributed by atoms with van der Waals surface area (Å²) in [7, 11) is 0. The lowest BCUT2D eigenvalue weighted by molar-refractivity contribution is -0.123. The van der Waals surface area contributed by atoms with E-state index < -0.39 is 12.1 Å². The number of unbranched alkanes of at least 4 members (excludes halogenated alkanes) is 9. The van der Waals surface area contributed by atoms with Crippen molar-refractivity contribution in [2.24, 2.45) is 0 Å².